The summed E-state index contributed by atoms with van der Waals surface area (Å²) in [6.07, 6.45) is 0.986. The number of rotatable bonds is 6. The smallest absolute Gasteiger partial charge is 0.303 e. The number of Topliss-reactive ketones (excluding diaryl/α,β-unsaturated/α-hetero) is 1. The number of carbonyl (C=O) groups excluding carboxylic acids is 1. The lowest BCUT2D eigenvalue weighted by Gasteiger charge is -2.25. The third kappa shape index (κ3) is 4.02. The normalized spacial score (nSPS) is 14.0. The predicted molar refractivity (Wildman–Crippen MR) is 66.0 cm³/mol. The van der Waals surface area contributed by atoms with Crippen LogP contribution in [-0.4, -0.2) is 16.9 Å². The van der Waals surface area contributed by atoms with Gasteiger partial charge in [0.1, 0.15) is 0 Å². The van der Waals surface area contributed by atoms with Crippen molar-refractivity contribution < 1.29 is 14.7 Å². The van der Waals surface area contributed by atoms with Crippen LogP contribution in [0.4, 0.5) is 0 Å². The molecule has 0 aliphatic carbocycles. The first-order chi connectivity index (χ1) is 7.97. The van der Waals surface area contributed by atoms with Crippen LogP contribution < -0.4 is 0 Å². The summed E-state index contributed by atoms with van der Waals surface area (Å²) >= 11 is 0. The third-order valence-electron chi connectivity index (χ3n) is 3.11. The van der Waals surface area contributed by atoms with E-state index in [-0.39, 0.29) is 18.6 Å². The van der Waals surface area contributed by atoms with Crippen molar-refractivity contribution >= 4 is 11.8 Å². The Labute approximate surface area is 101 Å². The van der Waals surface area contributed by atoms with Crippen LogP contribution in [0.3, 0.4) is 0 Å². The summed E-state index contributed by atoms with van der Waals surface area (Å²) in [6, 6.07) is 9.01. The lowest BCUT2D eigenvalue weighted by molar-refractivity contribution is -0.139. The van der Waals surface area contributed by atoms with Crippen LogP contribution in [0.5, 0.6) is 0 Å². The summed E-state index contributed by atoms with van der Waals surface area (Å²) in [7, 11) is 0. The van der Waals surface area contributed by atoms with Crippen molar-refractivity contribution in [2.24, 2.45) is 5.41 Å². The zero-order valence-electron chi connectivity index (χ0n) is 10.3. The Balaban J connectivity index is 2.75. The number of carboxylic acids is 1. The van der Waals surface area contributed by atoms with Crippen LogP contribution >= 0.6 is 0 Å². The van der Waals surface area contributed by atoms with E-state index in [1.165, 1.54) is 0 Å². The van der Waals surface area contributed by atoms with E-state index in [4.69, 9.17) is 5.11 Å². The maximum Gasteiger partial charge on any atom is 0.303 e. The van der Waals surface area contributed by atoms with Gasteiger partial charge in [-0.15, -0.1) is 0 Å². The number of carbonyl (C=O) groups is 2. The van der Waals surface area contributed by atoms with Crippen molar-refractivity contribution in [2.45, 2.75) is 33.1 Å². The summed E-state index contributed by atoms with van der Waals surface area (Å²) in [5, 5.41) is 8.85. The Morgan fingerprint density at radius 1 is 1.18 bits per heavy atom. The molecule has 0 saturated carbocycles. The highest BCUT2D eigenvalue weighted by molar-refractivity contribution is 5.96. The Morgan fingerprint density at radius 3 is 2.24 bits per heavy atom. The zero-order valence-corrected chi connectivity index (χ0v) is 10.3. The minimum absolute atomic E-state index is 0.0104. The largest absolute Gasteiger partial charge is 0.481 e. The first kappa shape index (κ1) is 13.4. The van der Waals surface area contributed by atoms with E-state index < -0.39 is 11.4 Å². The monoisotopic (exact) mass is 234 g/mol. The molecular weight excluding hydrogens is 216 g/mol. The molecule has 0 fully saturated rings. The molecule has 1 rings (SSSR count). The minimum Gasteiger partial charge on any atom is -0.481 e. The second-order valence-corrected chi connectivity index (χ2v) is 4.70. The van der Waals surface area contributed by atoms with E-state index in [9.17, 15) is 9.59 Å². The van der Waals surface area contributed by atoms with Crippen LogP contribution in [0.15, 0.2) is 30.3 Å². The Morgan fingerprint density at radius 2 is 1.76 bits per heavy atom. The Hall–Kier alpha value is -1.64. The highest BCUT2D eigenvalue weighted by Gasteiger charge is 2.28. The Kier molecular flexibility index (Phi) is 4.44. The molecule has 1 aromatic carbocycles. The summed E-state index contributed by atoms with van der Waals surface area (Å²) in [6.45, 7) is 3.77. The molecule has 0 radical (unpaired) electrons. The van der Waals surface area contributed by atoms with Crippen LogP contribution in [-0.2, 0) is 4.79 Å². The van der Waals surface area contributed by atoms with Gasteiger partial charge in [0.05, 0.1) is 6.42 Å². The summed E-state index contributed by atoms with van der Waals surface area (Å²) in [5.74, 6) is -0.841. The molecule has 17 heavy (non-hydrogen) atoms. The van der Waals surface area contributed by atoms with E-state index >= 15 is 0 Å². The molecule has 0 saturated heterocycles. The van der Waals surface area contributed by atoms with Crippen LogP contribution in [0.1, 0.15) is 43.5 Å². The van der Waals surface area contributed by atoms with Gasteiger partial charge in [0, 0.05) is 12.0 Å². The molecule has 0 spiro atoms. The van der Waals surface area contributed by atoms with Crippen LogP contribution in [0, 0.1) is 5.41 Å². The average molecular weight is 234 g/mol. The molecule has 0 amide bonds. The fourth-order valence-electron chi connectivity index (χ4n) is 1.79. The lowest BCUT2D eigenvalue weighted by Crippen LogP contribution is -2.23. The van der Waals surface area contributed by atoms with E-state index in [2.05, 4.69) is 0 Å². The summed E-state index contributed by atoms with van der Waals surface area (Å²) in [4.78, 5) is 22.8. The SMILES string of the molecule is CC[C@](C)(CC(=O)O)CC(=O)c1ccccc1. The van der Waals surface area contributed by atoms with Crippen molar-refractivity contribution in [3.63, 3.8) is 0 Å². The minimum atomic E-state index is -0.852. The van der Waals surface area contributed by atoms with Gasteiger partial charge in [0.15, 0.2) is 5.78 Å². The quantitative estimate of drug-likeness (QED) is 0.769. The molecule has 1 aromatic rings. The maximum atomic E-state index is 12.0. The molecule has 0 aliphatic heterocycles. The summed E-state index contributed by atoms with van der Waals surface area (Å²) < 4.78 is 0. The highest BCUT2D eigenvalue weighted by Crippen LogP contribution is 2.31. The molecule has 3 heteroatoms. The van der Waals surface area contributed by atoms with Gasteiger partial charge in [0.25, 0.3) is 0 Å². The molecule has 3 nitrogen and oxygen atoms in total. The van der Waals surface area contributed by atoms with E-state index in [1.54, 1.807) is 12.1 Å². The standard InChI is InChI=1S/C14H18O3/c1-3-14(2,10-13(16)17)9-12(15)11-7-5-4-6-8-11/h4-8H,3,9-10H2,1-2H3,(H,16,17)/t14-/m0/s1. The maximum absolute atomic E-state index is 12.0. The number of benzene rings is 1. The van der Waals surface area contributed by atoms with Gasteiger partial charge >= 0.3 is 5.97 Å². The molecule has 0 heterocycles. The van der Waals surface area contributed by atoms with E-state index in [1.807, 2.05) is 32.0 Å². The van der Waals surface area contributed by atoms with Crippen molar-refractivity contribution in [3.8, 4) is 0 Å². The van der Waals surface area contributed by atoms with Crippen molar-refractivity contribution in [2.75, 3.05) is 0 Å². The molecule has 0 aromatic heterocycles. The first-order valence-electron chi connectivity index (χ1n) is 5.77. The molecule has 92 valence electrons. The van der Waals surface area contributed by atoms with Crippen molar-refractivity contribution in [1.82, 2.24) is 0 Å². The Bertz CT molecular complexity index is 397. The number of hydrogen-bond donors (Lipinski definition) is 1. The second kappa shape index (κ2) is 5.62. The zero-order chi connectivity index (χ0) is 12.9. The number of aliphatic carboxylic acids is 1. The first-order valence-corrected chi connectivity index (χ1v) is 5.77. The molecular formula is C14H18O3. The van der Waals surface area contributed by atoms with Crippen LogP contribution in [0.2, 0.25) is 0 Å². The molecule has 0 unspecified atom stereocenters. The van der Waals surface area contributed by atoms with Crippen molar-refractivity contribution in [3.05, 3.63) is 35.9 Å². The van der Waals surface area contributed by atoms with E-state index in [0.29, 0.717) is 12.0 Å². The molecule has 0 bridgehead atoms. The van der Waals surface area contributed by atoms with Gasteiger partial charge < -0.3 is 5.11 Å². The van der Waals surface area contributed by atoms with Gasteiger partial charge in [0.2, 0.25) is 0 Å². The fourth-order valence-corrected chi connectivity index (χ4v) is 1.79. The van der Waals surface area contributed by atoms with Crippen LogP contribution in [0.25, 0.3) is 0 Å². The predicted octanol–water partition coefficient (Wildman–Crippen LogP) is 3.15. The number of carboxylic acid groups (broad SMARTS) is 1. The summed E-state index contributed by atoms with van der Waals surface area (Å²) in [5.41, 5.74) is 0.191. The topological polar surface area (TPSA) is 54.4 Å². The third-order valence-corrected chi connectivity index (χ3v) is 3.11. The average Bonchev–Trinajstić information content (AvgIpc) is 2.29. The van der Waals surface area contributed by atoms with Gasteiger partial charge in [-0.1, -0.05) is 44.2 Å². The van der Waals surface area contributed by atoms with Gasteiger partial charge in [-0.2, -0.15) is 0 Å². The number of hydrogen-bond acceptors (Lipinski definition) is 2. The molecule has 1 atom stereocenters. The molecule has 0 aliphatic rings. The van der Waals surface area contributed by atoms with E-state index in [0.717, 1.165) is 0 Å². The number of ketones is 1. The lowest BCUT2D eigenvalue weighted by atomic mass is 9.78. The van der Waals surface area contributed by atoms with Gasteiger partial charge in [-0.3, -0.25) is 9.59 Å². The second-order valence-electron chi connectivity index (χ2n) is 4.70. The highest BCUT2D eigenvalue weighted by atomic mass is 16.4. The van der Waals surface area contributed by atoms with Gasteiger partial charge in [-0.05, 0) is 11.8 Å². The van der Waals surface area contributed by atoms with Gasteiger partial charge in [-0.25, -0.2) is 0 Å². The van der Waals surface area contributed by atoms with Crippen molar-refractivity contribution in [1.29, 1.82) is 0 Å². The fraction of sp³-hybridized carbons (Fsp3) is 0.429. The molecule has 1 N–H and O–H groups in total.